The van der Waals surface area contributed by atoms with E-state index in [0.717, 1.165) is 55.7 Å². The Morgan fingerprint density at radius 1 is 0.547 bits per heavy atom. The maximum atomic E-state index is 11.8. The molecule has 4 rings (SSSR count). The first-order valence-electron chi connectivity index (χ1n) is 17.9. The van der Waals surface area contributed by atoms with Crippen LogP contribution in [-0.2, 0) is 33.1 Å². The van der Waals surface area contributed by atoms with Crippen LogP contribution in [0.25, 0.3) is 0 Å². The second-order valence-electron chi connectivity index (χ2n) is 12.6. The fraction of sp³-hybridized carbons (Fsp3) is 0.400. The molecule has 0 aliphatic carbocycles. The monoisotopic (exact) mass is 794 g/mol. The summed E-state index contributed by atoms with van der Waals surface area (Å²) < 4.78 is 78.1. The minimum Gasteiger partial charge on any atom is -0.872 e. The maximum absolute atomic E-state index is 11.8. The topological polar surface area (TPSA) is 173 Å². The number of aromatic hydroxyl groups is 1. The number of para-hydroxylation sites is 2. The van der Waals surface area contributed by atoms with E-state index in [1.165, 1.54) is 81.7 Å². The quantitative estimate of drug-likeness (QED) is 0.0499. The van der Waals surface area contributed by atoms with Gasteiger partial charge < -0.3 is 24.2 Å². The van der Waals surface area contributed by atoms with Crippen LogP contribution in [0.15, 0.2) is 94.7 Å². The van der Waals surface area contributed by atoms with Gasteiger partial charge in [0.2, 0.25) is 0 Å². The molecule has 0 spiro atoms. The van der Waals surface area contributed by atoms with Gasteiger partial charge in [-0.25, -0.2) is 8.42 Å². The third-order valence-electron chi connectivity index (χ3n) is 8.39. The molecule has 4 aromatic carbocycles. The molecular formula is C40H50CaO10S2. The predicted octanol–water partition coefficient (Wildman–Crippen LogP) is 9.31. The van der Waals surface area contributed by atoms with Crippen LogP contribution in [0, 0.1) is 0 Å². The Kier molecular flexibility index (Phi) is 20.8. The maximum Gasteiger partial charge on any atom is 2.00 e. The van der Waals surface area contributed by atoms with Gasteiger partial charge in [-0.15, -0.1) is 0 Å². The number of phenolic OH excluding ortho intramolecular Hbond substituents is 1. The van der Waals surface area contributed by atoms with Gasteiger partial charge in [0.25, 0.3) is 0 Å². The van der Waals surface area contributed by atoms with Crippen molar-refractivity contribution in [1.82, 2.24) is 0 Å². The molecule has 4 aromatic rings. The van der Waals surface area contributed by atoms with Crippen LogP contribution in [0.4, 0.5) is 0 Å². The summed E-state index contributed by atoms with van der Waals surface area (Å²) in [5.41, 5.74) is 1.89. The van der Waals surface area contributed by atoms with Crippen molar-refractivity contribution in [2.75, 3.05) is 0 Å². The molecule has 0 bridgehead atoms. The predicted molar refractivity (Wildman–Crippen MR) is 205 cm³/mol. The number of aryl methyl sites for hydroxylation is 2. The van der Waals surface area contributed by atoms with Crippen LogP contribution < -0.4 is 14.6 Å². The zero-order chi connectivity index (χ0) is 38.0. The number of phenols is 1. The summed E-state index contributed by atoms with van der Waals surface area (Å²) in [4.78, 5) is -1.45. The molecule has 0 aliphatic rings. The molecule has 13 heteroatoms. The zero-order valence-electron chi connectivity index (χ0n) is 30.7. The van der Waals surface area contributed by atoms with Gasteiger partial charge in [-0.2, -0.15) is 8.42 Å². The Balaban J connectivity index is 0.000000360. The van der Waals surface area contributed by atoms with E-state index in [1.807, 2.05) is 24.3 Å². The number of hydrogen-bond donors (Lipinski definition) is 2. The van der Waals surface area contributed by atoms with Crippen molar-refractivity contribution in [3.63, 3.8) is 0 Å². The largest absolute Gasteiger partial charge is 2.00 e. The van der Waals surface area contributed by atoms with E-state index >= 15 is 0 Å². The van der Waals surface area contributed by atoms with Crippen LogP contribution in [0.2, 0.25) is 0 Å². The number of ether oxygens (including phenoxy) is 2. The molecule has 0 saturated carbocycles. The number of unbranched alkanes of at least 4 members (excludes halogenated alkanes) is 10. The summed E-state index contributed by atoms with van der Waals surface area (Å²) in [5.74, 6) is -0.719. The zero-order valence-corrected chi connectivity index (χ0v) is 34.5. The number of rotatable bonds is 20. The molecule has 0 aliphatic heterocycles. The number of benzene rings is 4. The summed E-state index contributed by atoms with van der Waals surface area (Å²) in [6.45, 7) is 4.37. The molecule has 0 saturated heterocycles. The first-order valence-corrected chi connectivity index (χ1v) is 20.8. The summed E-state index contributed by atoms with van der Waals surface area (Å²) >= 11 is 0. The molecule has 0 fully saturated rings. The Morgan fingerprint density at radius 3 is 1.40 bits per heavy atom. The van der Waals surface area contributed by atoms with Gasteiger partial charge in [-0.3, -0.25) is 4.55 Å². The molecule has 0 atom stereocenters. The van der Waals surface area contributed by atoms with Crippen LogP contribution in [0.1, 0.15) is 102 Å². The first-order chi connectivity index (χ1) is 24.9. The summed E-state index contributed by atoms with van der Waals surface area (Å²) in [7, 11) is -9.52. The van der Waals surface area contributed by atoms with Gasteiger partial charge in [0.05, 0.1) is 4.90 Å². The minimum atomic E-state index is -4.91. The third-order valence-corrected chi connectivity index (χ3v) is 10.2. The molecule has 10 nitrogen and oxygen atoms in total. The second kappa shape index (κ2) is 23.8. The fourth-order valence-electron chi connectivity index (χ4n) is 5.71. The summed E-state index contributed by atoms with van der Waals surface area (Å²) in [5, 5.41) is 21.6. The summed E-state index contributed by atoms with van der Waals surface area (Å²) in [6.07, 6.45) is 15.7. The van der Waals surface area contributed by atoms with E-state index in [0.29, 0.717) is 11.5 Å². The van der Waals surface area contributed by atoms with Crippen molar-refractivity contribution < 1.29 is 45.6 Å². The van der Waals surface area contributed by atoms with Crippen molar-refractivity contribution in [2.24, 2.45) is 0 Å². The SMILES string of the molecule is CCCCCCCCc1ccccc1Oc1cccc(O)c1S(=O)(=O)O.CCCCCCCCc1ccccc1Oc1cccc([O-])c1S(=O)(=O)[O-].[Ca+2]. The van der Waals surface area contributed by atoms with Gasteiger partial charge in [0, 0.05) is 0 Å². The van der Waals surface area contributed by atoms with Crippen LogP contribution in [-0.4, -0.2) is 68.8 Å². The van der Waals surface area contributed by atoms with Crippen LogP contribution in [0.3, 0.4) is 0 Å². The van der Waals surface area contributed by atoms with Crippen molar-refractivity contribution in [2.45, 2.75) is 114 Å². The van der Waals surface area contributed by atoms with Gasteiger partial charge in [-0.05, 0) is 67.1 Å². The van der Waals surface area contributed by atoms with E-state index in [9.17, 15) is 36.2 Å². The normalized spacial score (nSPS) is 11.2. The van der Waals surface area contributed by atoms with Crippen LogP contribution in [0.5, 0.6) is 34.5 Å². The van der Waals surface area contributed by atoms with Gasteiger partial charge in [0.15, 0.2) is 10.6 Å². The summed E-state index contributed by atoms with van der Waals surface area (Å²) in [6, 6.07) is 22.5. The Morgan fingerprint density at radius 2 is 0.943 bits per heavy atom. The van der Waals surface area contributed by atoms with Crippen molar-refractivity contribution in [3.05, 3.63) is 96.1 Å². The van der Waals surface area contributed by atoms with Crippen molar-refractivity contribution in [3.8, 4) is 34.5 Å². The molecule has 0 amide bonds. The second-order valence-corrected chi connectivity index (χ2v) is 15.2. The van der Waals surface area contributed by atoms with E-state index < -0.39 is 41.5 Å². The Bertz CT molecular complexity index is 1780. The van der Waals surface area contributed by atoms with E-state index in [1.54, 1.807) is 24.3 Å². The van der Waals surface area contributed by atoms with Crippen LogP contribution >= 0.6 is 0 Å². The standard InChI is InChI=1S/2C20H26O5S.Ca/c2*1-2-3-4-5-6-7-11-16-12-8-9-14-18(16)25-19-15-10-13-17(21)20(19)26(22,23)24;/h2*8-10,12-15,21H,2-7,11H2,1H3,(H,22,23,24);/q;;+2/p-2. The van der Waals surface area contributed by atoms with E-state index in [-0.39, 0.29) is 49.2 Å². The molecule has 0 aromatic heterocycles. The molecule has 0 radical (unpaired) electrons. The molecule has 0 unspecified atom stereocenters. The van der Waals surface area contributed by atoms with Gasteiger partial charge >= 0.3 is 47.9 Å². The van der Waals surface area contributed by atoms with E-state index in [2.05, 4.69) is 13.8 Å². The molecule has 2 N–H and O–H groups in total. The Labute approximate surface area is 345 Å². The average Bonchev–Trinajstić information content (AvgIpc) is 3.08. The van der Waals surface area contributed by atoms with Gasteiger partial charge in [-0.1, -0.05) is 138 Å². The number of hydrogen-bond acceptors (Lipinski definition) is 9. The Hall–Kier alpha value is -2.84. The van der Waals surface area contributed by atoms with E-state index in [4.69, 9.17) is 9.47 Å². The molecule has 284 valence electrons. The molecule has 0 heterocycles. The van der Waals surface area contributed by atoms with Crippen molar-refractivity contribution in [1.29, 1.82) is 0 Å². The molecular weight excluding hydrogens is 745 g/mol. The smallest absolute Gasteiger partial charge is 0.872 e. The fourth-order valence-corrected chi connectivity index (χ4v) is 7.08. The van der Waals surface area contributed by atoms with Crippen molar-refractivity contribution >= 4 is 58.0 Å². The third kappa shape index (κ3) is 15.8. The average molecular weight is 795 g/mol. The van der Waals surface area contributed by atoms with Gasteiger partial charge in [0.1, 0.15) is 33.1 Å². The first kappa shape index (κ1) is 46.3. The molecule has 53 heavy (non-hydrogen) atoms. The minimum absolute atomic E-state index is 0.